The molecule has 1 aliphatic rings. The lowest BCUT2D eigenvalue weighted by molar-refractivity contribution is 0.0905. The normalized spacial score (nSPS) is 17.9. The zero-order valence-corrected chi connectivity index (χ0v) is 9.00. The second-order valence-electron chi connectivity index (χ2n) is 3.50. The zero-order valence-electron chi connectivity index (χ0n) is 7.42. The van der Waals surface area contributed by atoms with Crippen molar-refractivity contribution in [3.05, 3.63) is 22.6 Å². The summed E-state index contributed by atoms with van der Waals surface area (Å²) in [5.41, 5.74) is 0.0816. The van der Waals surface area contributed by atoms with Crippen molar-refractivity contribution in [3.8, 4) is 0 Å². The van der Waals surface area contributed by atoms with Gasteiger partial charge in [-0.05, 0) is 34.8 Å². The van der Waals surface area contributed by atoms with Crippen LogP contribution in [0, 0.1) is 0 Å². The maximum atomic E-state index is 11.6. The van der Waals surface area contributed by atoms with Crippen molar-refractivity contribution in [2.24, 2.45) is 0 Å². The Hall–Kier alpha value is -0.810. The molecule has 1 fully saturated rings. The molecule has 0 radical (unpaired) electrons. The molecule has 1 amide bonds. The van der Waals surface area contributed by atoms with Gasteiger partial charge in [-0.25, -0.2) is 0 Å². The van der Waals surface area contributed by atoms with Crippen LogP contribution >= 0.6 is 15.9 Å². The topological polar surface area (TPSA) is 62.5 Å². The fourth-order valence-corrected chi connectivity index (χ4v) is 1.66. The third-order valence-corrected chi connectivity index (χ3v) is 3.01. The van der Waals surface area contributed by atoms with E-state index in [9.17, 15) is 4.79 Å². The minimum absolute atomic E-state index is 0.00574. The van der Waals surface area contributed by atoms with E-state index in [2.05, 4.69) is 21.2 Å². The largest absolute Gasteiger partial charge is 0.457 e. The summed E-state index contributed by atoms with van der Waals surface area (Å²) >= 11 is 3.13. The highest BCUT2D eigenvalue weighted by molar-refractivity contribution is 9.10. The highest BCUT2D eigenvalue weighted by Crippen LogP contribution is 2.35. The van der Waals surface area contributed by atoms with Gasteiger partial charge in [0.25, 0.3) is 5.91 Å². The number of hydrogen-bond donors (Lipinski definition) is 2. The second kappa shape index (κ2) is 3.40. The minimum atomic E-state index is -0.381. The van der Waals surface area contributed by atoms with Gasteiger partial charge in [0.15, 0.2) is 4.67 Å². The summed E-state index contributed by atoms with van der Waals surface area (Å²) in [5.74, 6) is -0.211. The second-order valence-corrected chi connectivity index (χ2v) is 4.22. The van der Waals surface area contributed by atoms with Gasteiger partial charge in [-0.1, -0.05) is 0 Å². The van der Waals surface area contributed by atoms with Gasteiger partial charge in [0.2, 0.25) is 0 Å². The molecule has 0 aliphatic heterocycles. The molecule has 0 bridgehead atoms. The number of furan rings is 1. The van der Waals surface area contributed by atoms with Crippen molar-refractivity contribution in [2.45, 2.75) is 18.4 Å². The molecular formula is C9H10BrNO3. The van der Waals surface area contributed by atoms with Gasteiger partial charge >= 0.3 is 0 Å². The van der Waals surface area contributed by atoms with Crippen LogP contribution < -0.4 is 5.32 Å². The summed E-state index contributed by atoms with van der Waals surface area (Å²) in [4.78, 5) is 11.6. The van der Waals surface area contributed by atoms with E-state index in [-0.39, 0.29) is 18.1 Å². The molecule has 0 spiro atoms. The quantitative estimate of drug-likeness (QED) is 0.860. The van der Waals surface area contributed by atoms with Crippen LogP contribution in [0.25, 0.3) is 0 Å². The number of carbonyl (C=O) groups is 1. The Morgan fingerprint density at radius 1 is 1.71 bits per heavy atom. The molecule has 2 N–H and O–H groups in total. The fraction of sp³-hybridized carbons (Fsp3) is 0.444. The van der Waals surface area contributed by atoms with E-state index in [1.807, 2.05) is 0 Å². The zero-order chi connectivity index (χ0) is 10.2. The van der Waals surface area contributed by atoms with Crippen molar-refractivity contribution in [2.75, 3.05) is 6.61 Å². The number of nitrogens with one attached hydrogen (secondary N) is 1. The van der Waals surface area contributed by atoms with Crippen LogP contribution in [0.1, 0.15) is 23.2 Å². The molecule has 14 heavy (non-hydrogen) atoms. The van der Waals surface area contributed by atoms with Crippen molar-refractivity contribution in [3.63, 3.8) is 0 Å². The number of rotatable bonds is 3. The molecule has 2 rings (SSSR count). The van der Waals surface area contributed by atoms with Gasteiger partial charge in [0, 0.05) is 0 Å². The molecule has 1 aromatic rings. The van der Waals surface area contributed by atoms with Crippen LogP contribution in [-0.4, -0.2) is 23.2 Å². The lowest BCUT2D eigenvalue weighted by atomic mass is 10.2. The number of aliphatic hydroxyl groups excluding tert-OH is 1. The summed E-state index contributed by atoms with van der Waals surface area (Å²) in [6, 6.07) is 1.59. The van der Waals surface area contributed by atoms with Crippen LogP contribution in [0.2, 0.25) is 0 Å². The molecule has 1 aromatic heterocycles. The molecule has 0 saturated heterocycles. The smallest absolute Gasteiger partial charge is 0.256 e. The molecule has 0 unspecified atom stereocenters. The van der Waals surface area contributed by atoms with E-state index in [1.165, 1.54) is 6.26 Å². The highest BCUT2D eigenvalue weighted by atomic mass is 79.9. The van der Waals surface area contributed by atoms with Crippen molar-refractivity contribution in [1.29, 1.82) is 0 Å². The molecule has 5 heteroatoms. The Morgan fingerprint density at radius 3 is 2.86 bits per heavy atom. The lowest BCUT2D eigenvalue weighted by Crippen LogP contribution is -2.39. The minimum Gasteiger partial charge on any atom is -0.457 e. The molecule has 0 aromatic carbocycles. The van der Waals surface area contributed by atoms with Crippen molar-refractivity contribution >= 4 is 21.8 Å². The first-order valence-corrected chi connectivity index (χ1v) is 5.12. The number of hydrogen-bond acceptors (Lipinski definition) is 3. The van der Waals surface area contributed by atoms with E-state index in [1.54, 1.807) is 6.07 Å². The van der Waals surface area contributed by atoms with Gasteiger partial charge in [-0.3, -0.25) is 4.79 Å². The van der Waals surface area contributed by atoms with Crippen LogP contribution in [0.15, 0.2) is 21.4 Å². The highest BCUT2D eigenvalue weighted by Gasteiger charge is 2.43. The van der Waals surface area contributed by atoms with E-state index in [0.29, 0.717) is 10.2 Å². The maximum Gasteiger partial charge on any atom is 0.256 e. The van der Waals surface area contributed by atoms with Crippen LogP contribution in [0.3, 0.4) is 0 Å². The van der Waals surface area contributed by atoms with E-state index < -0.39 is 0 Å². The number of halogens is 1. The Labute approximate surface area is 89.4 Å². The maximum absolute atomic E-state index is 11.6. The fourth-order valence-electron chi connectivity index (χ4n) is 1.24. The lowest BCUT2D eigenvalue weighted by Gasteiger charge is -2.13. The monoisotopic (exact) mass is 259 g/mol. The number of carbonyl (C=O) groups excluding carboxylic acids is 1. The predicted molar refractivity (Wildman–Crippen MR) is 52.9 cm³/mol. The standard InChI is InChI=1S/C9H10BrNO3/c10-7-6(1-4-14-7)8(13)11-9(5-12)2-3-9/h1,4,12H,2-3,5H2,(H,11,13). The SMILES string of the molecule is O=C(NC1(CO)CC1)c1ccoc1Br. The molecule has 4 nitrogen and oxygen atoms in total. The molecule has 1 aliphatic carbocycles. The van der Waals surface area contributed by atoms with Crippen LogP contribution in [0.5, 0.6) is 0 Å². The third-order valence-electron chi connectivity index (χ3n) is 2.40. The average molecular weight is 260 g/mol. The van der Waals surface area contributed by atoms with Gasteiger partial charge < -0.3 is 14.8 Å². The van der Waals surface area contributed by atoms with Crippen molar-refractivity contribution < 1.29 is 14.3 Å². The van der Waals surface area contributed by atoms with Gasteiger partial charge in [-0.15, -0.1) is 0 Å². The van der Waals surface area contributed by atoms with E-state index in [4.69, 9.17) is 9.52 Å². The molecule has 1 saturated carbocycles. The summed E-state index contributed by atoms with van der Waals surface area (Å²) in [6.45, 7) is -0.00574. The van der Waals surface area contributed by atoms with E-state index in [0.717, 1.165) is 12.8 Å². The Kier molecular flexibility index (Phi) is 2.36. The summed E-state index contributed by atoms with van der Waals surface area (Å²) < 4.78 is 5.37. The first-order valence-electron chi connectivity index (χ1n) is 4.33. The summed E-state index contributed by atoms with van der Waals surface area (Å²) in [7, 11) is 0. The van der Waals surface area contributed by atoms with Crippen molar-refractivity contribution in [1.82, 2.24) is 5.32 Å². The molecule has 76 valence electrons. The number of aliphatic hydroxyl groups is 1. The van der Waals surface area contributed by atoms with E-state index >= 15 is 0 Å². The predicted octanol–water partition coefficient (Wildman–Crippen LogP) is 1.30. The average Bonchev–Trinajstić information content (AvgIpc) is 2.80. The molecule has 0 atom stereocenters. The van der Waals surface area contributed by atoms with Crippen LogP contribution in [-0.2, 0) is 0 Å². The third kappa shape index (κ3) is 1.69. The Bertz CT molecular complexity index is 357. The Morgan fingerprint density at radius 2 is 2.43 bits per heavy atom. The van der Waals surface area contributed by atoms with Gasteiger partial charge in [0.1, 0.15) is 0 Å². The first kappa shape index (κ1) is 9.73. The van der Waals surface area contributed by atoms with Gasteiger partial charge in [0.05, 0.1) is 24.0 Å². The summed E-state index contributed by atoms with van der Waals surface area (Å²) in [5, 5.41) is 11.8. The number of amides is 1. The Balaban J connectivity index is 2.07. The molecule has 1 heterocycles. The van der Waals surface area contributed by atoms with Gasteiger partial charge in [-0.2, -0.15) is 0 Å². The first-order chi connectivity index (χ1) is 6.67. The molecular weight excluding hydrogens is 250 g/mol. The summed E-state index contributed by atoms with van der Waals surface area (Å²) in [6.07, 6.45) is 3.12. The van der Waals surface area contributed by atoms with Crippen LogP contribution in [0.4, 0.5) is 0 Å².